The van der Waals surface area contributed by atoms with Gasteiger partial charge in [-0.05, 0) is 42.7 Å². The van der Waals surface area contributed by atoms with E-state index in [1.807, 2.05) is 55.4 Å². The molecule has 1 amide bonds. The standard InChI is InChI=1S/C21H26N4O2/c1-24(2)19-6-5-7-20(14-19)27-16-21(26)23-22-15-17-8-10-18(11-9-17)25-12-3-4-13-25/h5-11,14-15H,3-4,12-13,16H2,1-2H3,(H,23,26)/b22-15-. The van der Waals surface area contributed by atoms with Gasteiger partial charge in [0.15, 0.2) is 6.61 Å². The molecule has 1 heterocycles. The molecule has 1 fully saturated rings. The van der Waals surface area contributed by atoms with Crippen LogP contribution in [0.5, 0.6) is 5.75 Å². The zero-order valence-electron chi connectivity index (χ0n) is 15.9. The lowest BCUT2D eigenvalue weighted by Gasteiger charge is -2.17. The van der Waals surface area contributed by atoms with E-state index in [1.165, 1.54) is 18.5 Å². The van der Waals surface area contributed by atoms with E-state index in [-0.39, 0.29) is 12.5 Å². The van der Waals surface area contributed by atoms with Gasteiger partial charge in [-0.25, -0.2) is 5.43 Å². The van der Waals surface area contributed by atoms with Crippen molar-refractivity contribution in [1.29, 1.82) is 0 Å². The van der Waals surface area contributed by atoms with Gasteiger partial charge in [-0.2, -0.15) is 5.10 Å². The van der Waals surface area contributed by atoms with Crippen LogP contribution in [0.25, 0.3) is 0 Å². The quantitative estimate of drug-likeness (QED) is 0.605. The minimum atomic E-state index is -0.296. The van der Waals surface area contributed by atoms with Crippen molar-refractivity contribution in [1.82, 2.24) is 5.43 Å². The molecule has 0 spiro atoms. The number of hydrogen-bond acceptors (Lipinski definition) is 5. The van der Waals surface area contributed by atoms with Gasteiger partial charge < -0.3 is 14.5 Å². The smallest absolute Gasteiger partial charge is 0.277 e. The highest BCUT2D eigenvalue weighted by molar-refractivity contribution is 5.83. The van der Waals surface area contributed by atoms with Crippen LogP contribution in [0.1, 0.15) is 18.4 Å². The van der Waals surface area contributed by atoms with Gasteiger partial charge in [0.2, 0.25) is 0 Å². The summed E-state index contributed by atoms with van der Waals surface area (Å²) in [7, 11) is 3.91. The minimum absolute atomic E-state index is 0.0812. The fraction of sp³-hybridized carbons (Fsp3) is 0.333. The number of nitrogens with zero attached hydrogens (tertiary/aromatic N) is 3. The summed E-state index contributed by atoms with van der Waals surface area (Å²) in [4.78, 5) is 16.2. The van der Waals surface area contributed by atoms with Crippen molar-refractivity contribution in [2.75, 3.05) is 43.6 Å². The van der Waals surface area contributed by atoms with E-state index in [2.05, 4.69) is 27.6 Å². The van der Waals surface area contributed by atoms with Gasteiger partial charge in [0.1, 0.15) is 5.75 Å². The number of benzene rings is 2. The molecule has 0 atom stereocenters. The van der Waals surface area contributed by atoms with Crippen LogP contribution in [0.15, 0.2) is 53.6 Å². The molecule has 142 valence electrons. The Hall–Kier alpha value is -3.02. The summed E-state index contributed by atoms with van der Waals surface area (Å²) in [5, 5.41) is 4.00. The van der Waals surface area contributed by atoms with Crippen LogP contribution >= 0.6 is 0 Å². The highest BCUT2D eigenvalue weighted by Gasteiger charge is 2.11. The Kier molecular flexibility index (Phi) is 6.30. The van der Waals surface area contributed by atoms with Gasteiger partial charge in [0.25, 0.3) is 5.91 Å². The van der Waals surface area contributed by atoms with Gasteiger partial charge in [-0.1, -0.05) is 18.2 Å². The Balaban J connectivity index is 1.45. The molecule has 2 aromatic carbocycles. The van der Waals surface area contributed by atoms with Crippen LogP contribution in [-0.2, 0) is 4.79 Å². The van der Waals surface area contributed by atoms with Crippen LogP contribution in [0.3, 0.4) is 0 Å². The van der Waals surface area contributed by atoms with Crippen LogP contribution in [0, 0.1) is 0 Å². The highest BCUT2D eigenvalue weighted by Crippen LogP contribution is 2.20. The third-order valence-electron chi connectivity index (χ3n) is 4.47. The molecule has 1 N–H and O–H groups in total. The molecule has 0 saturated carbocycles. The van der Waals surface area contributed by atoms with Crippen LogP contribution in [-0.4, -0.2) is 45.9 Å². The van der Waals surface area contributed by atoms with Crippen LogP contribution < -0.4 is 20.0 Å². The molecule has 27 heavy (non-hydrogen) atoms. The van der Waals surface area contributed by atoms with Crippen molar-refractivity contribution in [2.45, 2.75) is 12.8 Å². The molecule has 2 aromatic rings. The molecule has 0 radical (unpaired) electrons. The second-order valence-corrected chi connectivity index (χ2v) is 6.76. The van der Waals surface area contributed by atoms with Crippen LogP contribution in [0.2, 0.25) is 0 Å². The highest BCUT2D eigenvalue weighted by atomic mass is 16.5. The van der Waals surface area contributed by atoms with E-state index >= 15 is 0 Å². The monoisotopic (exact) mass is 366 g/mol. The van der Waals surface area contributed by atoms with Gasteiger partial charge >= 0.3 is 0 Å². The van der Waals surface area contributed by atoms with Crippen LogP contribution in [0.4, 0.5) is 11.4 Å². The normalized spacial score (nSPS) is 13.8. The van der Waals surface area contributed by atoms with Crippen molar-refractivity contribution >= 4 is 23.5 Å². The summed E-state index contributed by atoms with van der Waals surface area (Å²) >= 11 is 0. The number of hydrogen-bond donors (Lipinski definition) is 1. The first kappa shape index (κ1) is 18.8. The molecular weight excluding hydrogens is 340 g/mol. The lowest BCUT2D eigenvalue weighted by Crippen LogP contribution is -2.24. The predicted molar refractivity (Wildman–Crippen MR) is 110 cm³/mol. The van der Waals surface area contributed by atoms with Crippen molar-refractivity contribution in [2.24, 2.45) is 5.10 Å². The second kappa shape index (κ2) is 9.07. The molecule has 6 nitrogen and oxygen atoms in total. The number of hydrazone groups is 1. The maximum atomic E-state index is 11.9. The predicted octanol–water partition coefficient (Wildman–Crippen LogP) is 2.88. The maximum Gasteiger partial charge on any atom is 0.277 e. The average Bonchev–Trinajstić information content (AvgIpc) is 3.22. The third-order valence-corrected chi connectivity index (χ3v) is 4.47. The second-order valence-electron chi connectivity index (χ2n) is 6.76. The molecule has 0 unspecified atom stereocenters. The minimum Gasteiger partial charge on any atom is -0.484 e. The molecule has 0 bridgehead atoms. The number of nitrogens with one attached hydrogen (secondary N) is 1. The third kappa shape index (κ3) is 5.48. The summed E-state index contributed by atoms with van der Waals surface area (Å²) in [5.74, 6) is 0.355. The maximum absolute atomic E-state index is 11.9. The van der Waals surface area contributed by atoms with E-state index in [1.54, 1.807) is 6.21 Å². The summed E-state index contributed by atoms with van der Waals surface area (Å²) in [5.41, 5.74) is 5.69. The van der Waals surface area contributed by atoms with Gasteiger partial charge in [-0.15, -0.1) is 0 Å². The molecule has 6 heteroatoms. The number of anilines is 2. The number of ether oxygens (including phenoxy) is 1. The molecule has 0 aliphatic carbocycles. The summed E-state index contributed by atoms with van der Waals surface area (Å²) < 4.78 is 5.52. The largest absolute Gasteiger partial charge is 0.484 e. The van der Waals surface area contributed by atoms with Crippen molar-refractivity contribution in [3.05, 3.63) is 54.1 Å². The van der Waals surface area contributed by atoms with Gasteiger partial charge in [0.05, 0.1) is 6.21 Å². The Morgan fingerprint density at radius 2 is 1.93 bits per heavy atom. The fourth-order valence-corrected chi connectivity index (χ4v) is 2.96. The van der Waals surface area contributed by atoms with E-state index < -0.39 is 0 Å². The van der Waals surface area contributed by atoms with Crippen molar-refractivity contribution in [3.63, 3.8) is 0 Å². The van der Waals surface area contributed by atoms with Crippen molar-refractivity contribution in [3.8, 4) is 5.75 Å². The number of amides is 1. The number of carbonyl (C=O) groups excluding carboxylic acids is 1. The zero-order valence-corrected chi connectivity index (χ0v) is 15.9. The summed E-state index contributed by atoms with van der Waals surface area (Å²) in [6.45, 7) is 2.17. The topological polar surface area (TPSA) is 57.2 Å². The number of carbonyl (C=O) groups is 1. The first-order chi connectivity index (χ1) is 13.1. The SMILES string of the molecule is CN(C)c1cccc(OCC(=O)N/N=C\c2ccc(N3CCCC3)cc2)c1. The Bertz CT molecular complexity index is 781. The van der Waals surface area contributed by atoms with Crippen molar-refractivity contribution < 1.29 is 9.53 Å². The lowest BCUT2D eigenvalue weighted by molar-refractivity contribution is -0.123. The fourth-order valence-electron chi connectivity index (χ4n) is 2.96. The average molecular weight is 366 g/mol. The Morgan fingerprint density at radius 1 is 1.19 bits per heavy atom. The molecule has 0 aromatic heterocycles. The van der Waals surface area contributed by atoms with E-state index in [9.17, 15) is 4.79 Å². The van der Waals surface area contributed by atoms with E-state index in [0.29, 0.717) is 5.75 Å². The molecule has 1 aliphatic rings. The molecule has 1 saturated heterocycles. The summed E-state index contributed by atoms with van der Waals surface area (Å²) in [6, 6.07) is 15.8. The van der Waals surface area contributed by atoms with Gasteiger partial charge in [0, 0.05) is 44.6 Å². The van der Waals surface area contributed by atoms with E-state index in [0.717, 1.165) is 24.3 Å². The molecule has 1 aliphatic heterocycles. The zero-order chi connectivity index (χ0) is 19.1. The molecular formula is C21H26N4O2. The Labute approximate surface area is 160 Å². The molecule has 3 rings (SSSR count). The number of rotatable bonds is 7. The lowest BCUT2D eigenvalue weighted by atomic mass is 10.2. The Morgan fingerprint density at radius 3 is 2.63 bits per heavy atom. The summed E-state index contributed by atoms with van der Waals surface area (Å²) in [6.07, 6.45) is 4.16. The van der Waals surface area contributed by atoms with Gasteiger partial charge in [-0.3, -0.25) is 4.79 Å². The van der Waals surface area contributed by atoms with E-state index in [4.69, 9.17) is 4.74 Å². The first-order valence-corrected chi connectivity index (χ1v) is 9.19. The first-order valence-electron chi connectivity index (χ1n) is 9.19.